The third-order valence-electron chi connectivity index (χ3n) is 5.65. The van der Waals surface area contributed by atoms with Gasteiger partial charge in [-0.15, -0.1) is 0 Å². The van der Waals surface area contributed by atoms with Crippen LogP contribution in [0.5, 0.6) is 0 Å². The molecule has 32 heavy (non-hydrogen) atoms. The van der Waals surface area contributed by atoms with Crippen molar-refractivity contribution in [2.75, 3.05) is 9.96 Å². The van der Waals surface area contributed by atoms with Gasteiger partial charge in [0.15, 0.2) is 6.10 Å². The number of para-hydroxylation sites is 2. The van der Waals surface area contributed by atoms with Gasteiger partial charge >= 0.3 is 0 Å². The number of nitrogens with zero attached hydrogens (tertiary/aromatic N) is 3. The van der Waals surface area contributed by atoms with E-state index in [-0.39, 0.29) is 10.7 Å². The molecular weight excluding hydrogens is 434 g/mol. The van der Waals surface area contributed by atoms with Gasteiger partial charge in [-0.2, -0.15) is 0 Å². The average Bonchev–Trinajstić information content (AvgIpc) is 3.31. The van der Waals surface area contributed by atoms with Crippen LogP contribution < -0.4 is 9.96 Å². The molecular formula is C23H16ClN3O5. The van der Waals surface area contributed by atoms with Crippen molar-refractivity contribution in [3.63, 3.8) is 0 Å². The fourth-order valence-corrected chi connectivity index (χ4v) is 4.42. The Bertz CT molecular complexity index is 1220. The van der Waals surface area contributed by atoms with Crippen LogP contribution in [0.2, 0.25) is 5.02 Å². The third kappa shape index (κ3) is 3.12. The number of amides is 2. The van der Waals surface area contributed by atoms with Crippen molar-refractivity contribution < 1.29 is 19.3 Å². The molecule has 3 aromatic carbocycles. The number of benzene rings is 3. The Labute approximate surface area is 187 Å². The zero-order valence-corrected chi connectivity index (χ0v) is 17.3. The van der Waals surface area contributed by atoms with Gasteiger partial charge in [-0.05, 0) is 35.9 Å². The maximum absolute atomic E-state index is 13.5. The number of rotatable bonds is 4. The fourth-order valence-electron chi connectivity index (χ4n) is 4.24. The Morgan fingerprint density at radius 3 is 2.12 bits per heavy atom. The van der Waals surface area contributed by atoms with Crippen LogP contribution in [-0.4, -0.2) is 22.8 Å². The summed E-state index contributed by atoms with van der Waals surface area (Å²) in [5.41, 5.74) is 1.25. The summed E-state index contributed by atoms with van der Waals surface area (Å²) in [4.78, 5) is 44.7. The Morgan fingerprint density at radius 2 is 1.50 bits per heavy atom. The standard InChI is InChI=1S/C23H16ClN3O5/c24-17-12-11-14(13-18(17)27(30)31)20-19-21(32-26(20)16-9-5-2-6-10-16)23(29)25(22(19)28)15-7-3-1-4-8-15/h1-13,19-21H. The normalized spacial score (nSPS) is 22.3. The molecule has 5 rings (SSSR count). The molecule has 9 heteroatoms. The topological polar surface area (TPSA) is 93.0 Å². The van der Waals surface area contributed by atoms with Crippen LogP contribution in [0.1, 0.15) is 11.6 Å². The molecule has 3 atom stereocenters. The first kappa shape index (κ1) is 20.2. The van der Waals surface area contributed by atoms with E-state index in [1.54, 1.807) is 60.7 Å². The summed E-state index contributed by atoms with van der Waals surface area (Å²) in [7, 11) is 0. The Morgan fingerprint density at radius 1 is 0.875 bits per heavy atom. The van der Waals surface area contributed by atoms with Gasteiger partial charge in [0.2, 0.25) is 5.91 Å². The van der Waals surface area contributed by atoms with Crippen LogP contribution in [0.15, 0.2) is 78.9 Å². The minimum Gasteiger partial charge on any atom is -0.273 e. The van der Waals surface area contributed by atoms with E-state index < -0.39 is 34.8 Å². The van der Waals surface area contributed by atoms with Crippen LogP contribution in [0.25, 0.3) is 0 Å². The molecule has 3 aromatic rings. The largest absolute Gasteiger partial charge is 0.288 e. The maximum atomic E-state index is 13.5. The molecule has 2 aliphatic heterocycles. The molecule has 0 spiro atoms. The summed E-state index contributed by atoms with van der Waals surface area (Å²) in [6, 6.07) is 21.2. The van der Waals surface area contributed by atoms with Crippen molar-refractivity contribution in [3.8, 4) is 0 Å². The van der Waals surface area contributed by atoms with Gasteiger partial charge in [-0.25, -0.2) is 9.96 Å². The Balaban J connectivity index is 1.63. The van der Waals surface area contributed by atoms with Gasteiger partial charge in [-0.3, -0.25) is 24.5 Å². The minimum atomic E-state index is -1.05. The lowest BCUT2D eigenvalue weighted by atomic mass is 9.90. The first-order valence-corrected chi connectivity index (χ1v) is 10.2. The number of carbonyl (C=O) groups is 2. The summed E-state index contributed by atoms with van der Waals surface area (Å²) < 4.78 is 0. The summed E-state index contributed by atoms with van der Waals surface area (Å²) >= 11 is 6.00. The first-order valence-electron chi connectivity index (χ1n) is 9.85. The number of nitro benzene ring substituents is 1. The lowest BCUT2D eigenvalue weighted by Crippen LogP contribution is -2.37. The highest BCUT2D eigenvalue weighted by Gasteiger charge is 2.60. The molecule has 2 heterocycles. The van der Waals surface area contributed by atoms with Gasteiger partial charge in [-0.1, -0.05) is 54.1 Å². The molecule has 2 fully saturated rings. The number of halogens is 1. The number of hydrogen-bond donors (Lipinski definition) is 0. The van der Waals surface area contributed by atoms with Crippen LogP contribution in [0.3, 0.4) is 0 Å². The zero-order valence-electron chi connectivity index (χ0n) is 16.5. The average molecular weight is 450 g/mol. The highest BCUT2D eigenvalue weighted by atomic mass is 35.5. The smallest absolute Gasteiger partial charge is 0.273 e. The SMILES string of the molecule is O=C1C2ON(c3ccccc3)C(c3ccc(Cl)c([N+](=O)[O-])c3)C2C(=O)N1c1ccccc1. The number of imide groups is 1. The van der Waals surface area contributed by atoms with Gasteiger partial charge in [0.05, 0.1) is 22.3 Å². The number of fused-ring (bicyclic) bond motifs is 1. The van der Waals surface area contributed by atoms with Crippen molar-refractivity contribution in [1.29, 1.82) is 0 Å². The minimum absolute atomic E-state index is 0.0137. The molecule has 2 amide bonds. The van der Waals surface area contributed by atoms with Crippen molar-refractivity contribution in [1.82, 2.24) is 0 Å². The predicted molar refractivity (Wildman–Crippen MR) is 117 cm³/mol. The lowest BCUT2D eigenvalue weighted by Gasteiger charge is -2.28. The van der Waals surface area contributed by atoms with Crippen LogP contribution in [-0.2, 0) is 14.4 Å². The first-order chi connectivity index (χ1) is 15.5. The van der Waals surface area contributed by atoms with Crippen molar-refractivity contribution in [2.24, 2.45) is 5.92 Å². The Kier molecular flexibility index (Phi) is 4.88. The number of hydroxylamine groups is 1. The molecule has 0 saturated carbocycles. The highest BCUT2D eigenvalue weighted by molar-refractivity contribution is 6.32. The predicted octanol–water partition coefficient (Wildman–Crippen LogP) is 4.30. The van der Waals surface area contributed by atoms with E-state index in [0.29, 0.717) is 16.9 Å². The van der Waals surface area contributed by atoms with E-state index in [9.17, 15) is 19.7 Å². The van der Waals surface area contributed by atoms with Crippen LogP contribution in [0, 0.1) is 16.0 Å². The summed E-state index contributed by atoms with van der Waals surface area (Å²) in [6.07, 6.45) is -1.05. The Hall–Kier alpha value is -3.75. The highest BCUT2D eigenvalue weighted by Crippen LogP contribution is 2.48. The molecule has 3 unspecified atom stereocenters. The lowest BCUT2D eigenvalue weighted by molar-refractivity contribution is -0.384. The van der Waals surface area contributed by atoms with E-state index in [0.717, 1.165) is 4.90 Å². The van der Waals surface area contributed by atoms with E-state index in [2.05, 4.69) is 0 Å². The fraction of sp³-hybridized carbons (Fsp3) is 0.130. The second-order valence-electron chi connectivity index (χ2n) is 7.47. The second-order valence-corrected chi connectivity index (χ2v) is 7.88. The third-order valence-corrected chi connectivity index (χ3v) is 5.97. The quantitative estimate of drug-likeness (QED) is 0.335. The monoisotopic (exact) mass is 449 g/mol. The molecule has 8 nitrogen and oxygen atoms in total. The summed E-state index contributed by atoms with van der Waals surface area (Å²) in [5.74, 6) is -1.78. The van der Waals surface area contributed by atoms with Gasteiger partial charge < -0.3 is 0 Å². The van der Waals surface area contributed by atoms with E-state index in [1.165, 1.54) is 17.2 Å². The van der Waals surface area contributed by atoms with Gasteiger partial charge in [0, 0.05) is 6.07 Å². The molecule has 0 bridgehead atoms. The van der Waals surface area contributed by atoms with E-state index >= 15 is 0 Å². The molecule has 0 N–H and O–H groups in total. The van der Waals surface area contributed by atoms with Crippen LogP contribution >= 0.6 is 11.6 Å². The van der Waals surface area contributed by atoms with Crippen molar-refractivity contribution in [2.45, 2.75) is 12.1 Å². The molecule has 0 aliphatic carbocycles. The number of hydrogen-bond acceptors (Lipinski definition) is 6. The van der Waals surface area contributed by atoms with Crippen molar-refractivity contribution in [3.05, 3.63) is 99.6 Å². The molecule has 2 saturated heterocycles. The van der Waals surface area contributed by atoms with Crippen LogP contribution in [0.4, 0.5) is 17.1 Å². The maximum Gasteiger partial charge on any atom is 0.288 e. The molecule has 0 radical (unpaired) electrons. The van der Waals surface area contributed by atoms with Gasteiger partial charge in [0.25, 0.3) is 11.6 Å². The molecule has 0 aromatic heterocycles. The zero-order chi connectivity index (χ0) is 22.4. The van der Waals surface area contributed by atoms with Gasteiger partial charge in [0.1, 0.15) is 10.9 Å². The molecule has 160 valence electrons. The number of anilines is 2. The summed E-state index contributed by atoms with van der Waals surface area (Å²) in [5, 5.41) is 12.9. The van der Waals surface area contributed by atoms with E-state index in [4.69, 9.17) is 16.4 Å². The summed E-state index contributed by atoms with van der Waals surface area (Å²) in [6.45, 7) is 0. The number of carbonyl (C=O) groups excluding carboxylic acids is 2. The second kappa shape index (κ2) is 7.74. The van der Waals surface area contributed by atoms with Crippen molar-refractivity contribution >= 4 is 40.5 Å². The number of nitro groups is 1. The molecule has 2 aliphatic rings. The van der Waals surface area contributed by atoms with E-state index in [1.807, 2.05) is 6.07 Å².